The van der Waals surface area contributed by atoms with Gasteiger partial charge in [-0.3, -0.25) is 14.2 Å². The number of carbonyl (C=O) groups excluding carboxylic acids is 2. The van der Waals surface area contributed by atoms with E-state index in [4.69, 9.17) is 9.47 Å². The minimum atomic E-state index is -0.832. The molecule has 190 valence electrons. The molecule has 37 heavy (non-hydrogen) atoms. The third-order valence-corrected chi connectivity index (χ3v) is 7.99. The van der Waals surface area contributed by atoms with Crippen LogP contribution in [0.3, 0.4) is 0 Å². The first-order valence-corrected chi connectivity index (χ1v) is 13.4. The Kier molecular flexibility index (Phi) is 6.63. The number of aromatic nitrogens is 1. The van der Waals surface area contributed by atoms with Crippen LogP contribution in [0.5, 0.6) is 5.75 Å². The second-order valence-electron chi connectivity index (χ2n) is 8.45. The number of allylic oxidation sites excluding steroid dienone is 1. The summed E-state index contributed by atoms with van der Waals surface area (Å²) in [7, 11) is 1.54. The molecule has 0 fully saturated rings. The molecule has 10 heteroatoms. The number of benzene rings is 2. The first-order chi connectivity index (χ1) is 17.8. The molecule has 1 aromatic heterocycles. The molecule has 8 nitrogen and oxygen atoms in total. The van der Waals surface area contributed by atoms with Crippen molar-refractivity contribution in [3.63, 3.8) is 0 Å². The zero-order valence-electron chi connectivity index (χ0n) is 20.7. The summed E-state index contributed by atoms with van der Waals surface area (Å²) in [5, 5.41) is 0. The molecule has 3 heterocycles. The van der Waals surface area contributed by atoms with Crippen LogP contribution < -0.4 is 24.5 Å². The highest BCUT2D eigenvalue weighted by atomic mass is 79.9. The number of esters is 1. The van der Waals surface area contributed by atoms with E-state index in [0.717, 1.165) is 21.5 Å². The van der Waals surface area contributed by atoms with Crippen LogP contribution in [0.2, 0.25) is 0 Å². The van der Waals surface area contributed by atoms with E-state index < -0.39 is 17.6 Å². The number of halogens is 1. The van der Waals surface area contributed by atoms with Gasteiger partial charge in [-0.1, -0.05) is 45.5 Å². The summed E-state index contributed by atoms with van der Waals surface area (Å²) in [6.45, 7) is 5.98. The standard InChI is InChI=1S/C27H24BrN3O5S/c1-5-30-18-12-11-15(28)13-17(18)21(24(30)32)23-25(33)31-22(16-9-7-8-10-19(16)35-4)20(26(34)36-6-2)14(3)29-27(31)37-23/h7-13,22H,5-6H2,1-4H3/b23-21+/t22-/m0/s1. The van der Waals surface area contributed by atoms with Crippen LogP contribution in [-0.2, 0) is 14.3 Å². The molecule has 0 saturated heterocycles. The number of ether oxygens (including phenoxy) is 2. The Morgan fingerprint density at radius 3 is 2.62 bits per heavy atom. The summed E-state index contributed by atoms with van der Waals surface area (Å²) in [4.78, 5) is 47.5. The minimum absolute atomic E-state index is 0.176. The van der Waals surface area contributed by atoms with Gasteiger partial charge >= 0.3 is 5.97 Å². The van der Waals surface area contributed by atoms with Crippen molar-refractivity contribution < 1.29 is 19.1 Å². The molecule has 2 aliphatic rings. The number of anilines is 1. The number of thiazole rings is 1. The summed E-state index contributed by atoms with van der Waals surface area (Å²) in [5.74, 6) is -0.275. The number of methoxy groups -OCH3 is 1. The Hall–Kier alpha value is -3.50. The van der Waals surface area contributed by atoms with Gasteiger partial charge in [0.25, 0.3) is 11.5 Å². The first-order valence-electron chi connectivity index (χ1n) is 11.8. The van der Waals surface area contributed by atoms with Crippen LogP contribution in [0.4, 0.5) is 5.69 Å². The normalized spacial score (nSPS) is 17.9. The number of amides is 1. The average molecular weight is 582 g/mol. The van der Waals surface area contributed by atoms with Crippen molar-refractivity contribution in [1.82, 2.24) is 4.57 Å². The number of hydrogen-bond donors (Lipinski definition) is 0. The fraction of sp³-hybridized carbons (Fsp3) is 0.259. The van der Waals surface area contributed by atoms with Crippen LogP contribution >= 0.6 is 27.3 Å². The Morgan fingerprint density at radius 1 is 1.16 bits per heavy atom. The number of fused-ring (bicyclic) bond motifs is 2. The number of likely N-dealkylation sites (N-methyl/N-ethyl adjacent to an activating group) is 1. The van der Waals surface area contributed by atoms with Gasteiger partial charge in [-0.2, -0.15) is 0 Å². The van der Waals surface area contributed by atoms with E-state index in [2.05, 4.69) is 20.9 Å². The smallest absolute Gasteiger partial charge is 0.338 e. The lowest BCUT2D eigenvalue weighted by Crippen LogP contribution is -2.41. The van der Waals surface area contributed by atoms with E-state index >= 15 is 0 Å². The molecule has 1 amide bonds. The number of carbonyl (C=O) groups is 2. The van der Waals surface area contributed by atoms with Gasteiger partial charge in [-0.05, 0) is 45.0 Å². The summed E-state index contributed by atoms with van der Waals surface area (Å²) in [6, 6.07) is 12.0. The Labute approximate surface area is 225 Å². The van der Waals surface area contributed by atoms with Gasteiger partial charge in [0.1, 0.15) is 16.3 Å². The number of hydrogen-bond acceptors (Lipinski definition) is 7. The summed E-state index contributed by atoms with van der Waals surface area (Å²) < 4.78 is 13.5. The topological polar surface area (TPSA) is 90.2 Å². The van der Waals surface area contributed by atoms with Gasteiger partial charge in [-0.15, -0.1) is 0 Å². The van der Waals surface area contributed by atoms with Gasteiger partial charge in [0, 0.05) is 22.1 Å². The first kappa shape index (κ1) is 25.2. The third-order valence-electron chi connectivity index (χ3n) is 6.45. The predicted octanol–water partition coefficient (Wildman–Crippen LogP) is 3.31. The van der Waals surface area contributed by atoms with Crippen LogP contribution in [0.15, 0.2) is 68.0 Å². The predicted molar refractivity (Wildman–Crippen MR) is 145 cm³/mol. The third kappa shape index (κ3) is 3.95. The van der Waals surface area contributed by atoms with Crippen LogP contribution in [0.25, 0.3) is 5.57 Å². The van der Waals surface area contributed by atoms with E-state index in [0.29, 0.717) is 39.5 Å². The molecule has 0 bridgehead atoms. The van der Waals surface area contributed by atoms with Crippen molar-refractivity contribution in [3.05, 3.63) is 89.0 Å². The maximum absolute atomic E-state index is 14.1. The molecular weight excluding hydrogens is 558 g/mol. The zero-order valence-corrected chi connectivity index (χ0v) is 23.1. The van der Waals surface area contributed by atoms with Gasteiger partial charge in [-0.25, -0.2) is 9.79 Å². The number of para-hydroxylation sites is 1. The molecule has 0 N–H and O–H groups in total. The summed E-state index contributed by atoms with van der Waals surface area (Å²) in [6.07, 6.45) is 0. The molecule has 0 spiro atoms. The largest absolute Gasteiger partial charge is 0.496 e. The fourth-order valence-electron chi connectivity index (χ4n) is 4.87. The Balaban J connectivity index is 1.86. The lowest BCUT2D eigenvalue weighted by molar-refractivity contribution is -0.139. The number of rotatable bonds is 5. The van der Waals surface area contributed by atoms with E-state index in [9.17, 15) is 14.4 Å². The Morgan fingerprint density at radius 2 is 1.92 bits per heavy atom. The van der Waals surface area contributed by atoms with Gasteiger partial charge in [0.05, 0.1) is 36.2 Å². The van der Waals surface area contributed by atoms with Crippen molar-refractivity contribution in [2.24, 2.45) is 4.99 Å². The van der Waals surface area contributed by atoms with Gasteiger partial charge < -0.3 is 14.4 Å². The van der Waals surface area contributed by atoms with Crippen LogP contribution in [0.1, 0.15) is 37.9 Å². The molecule has 0 saturated carbocycles. The molecule has 0 unspecified atom stereocenters. The maximum atomic E-state index is 14.1. The van der Waals surface area contributed by atoms with Crippen molar-refractivity contribution in [2.45, 2.75) is 26.8 Å². The molecule has 2 aliphatic heterocycles. The van der Waals surface area contributed by atoms with Gasteiger partial charge in [0.15, 0.2) is 4.80 Å². The molecule has 2 aromatic carbocycles. The van der Waals surface area contributed by atoms with Crippen molar-refractivity contribution in [1.29, 1.82) is 0 Å². The summed E-state index contributed by atoms with van der Waals surface area (Å²) in [5.41, 5.74) is 2.69. The average Bonchev–Trinajstić information content (AvgIpc) is 3.34. The van der Waals surface area contributed by atoms with Crippen LogP contribution in [-0.4, -0.2) is 36.7 Å². The van der Waals surface area contributed by atoms with Crippen LogP contribution in [0, 0.1) is 0 Å². The van der Waals surface area contributed by atoms with Gasteiger partial charge in [0.2, 0.25) is 0 Å². The zero-order chi connectivity index (χ0) is 26.4. The van der Waals surface area contributed by atoms with Crippen molar-refractivity contribution >= 4 is 50.4 Å². The molecular formula is C27H24BrN3O5S. The fourth-order valence-corrected chi connectivity index (χ4v) is 6.36. The molecule has 1 atom stereocenters. The second kappa shape index (κ2) is 9.75. The Bertz CT molecular complexity index is 1670. The molecule has 0 aliphatic carbocycles. The second-order valence-corrected chi connectivity index (χ2v) is 10.3. The SMILES string of the molecule is CCOC(=O)C1=C(C)N=c2s/c(=C3/C(=O)N(CC)c4ccc(Br)cc43)c(=O)n2[C@H]1c1ccccc1OC. The molecule has 3 aromatic rings. The van der Waals surface area contributed by atoms with E-state index in [1.54, 1.807) is 24.8 Å². The monoisotopic (exact) mass is 581 g/mol. The molecule has 0 radical (unpaired) electrons. The highest BCUT2D eigenvalue weighted by molar-refractivity contribution is 9.10. The molecule has 5 rings (SSSR count). The van der Waals surface area contributed by atoms with Crippen molar-refractivity contribution in [2.75, 3.05) is 25.2 Å². The van der Waals surface area contributed by atoms with E-state index in [1.165, 1.54) is 11.7 Å². The lowest BCUT2D eigenvalue weighted by Gasteiger charge is -2.25. The quantitative estimate of drug-likeness (QED) is 0.431. The van der Waals surface area contributed by atoms with E-state index in [-0.39, 0.29) is 22.6 Å². The number of nitrogens with zero attached hydrogens (tertiary/aromatic N) is 3. The van der Waals surface area contributed by atoms with Crippen molar-refractivity contribution in [3.8, 4) is 5.75 Å². The maximum Gasteiger partial charge on any atom is 0.338 e. The summed E-state index contributed by atoms with van der Waals surface area (Å²) >= 11 is 4.64. The highest BCUT2D eigenvalue weighted by Gasteiger charge is 2.38. The minimum Gasteiger partial charge on any atom is -0.496 e. The van der Waals surface area contributed by atoms with E-state index in [1.807, 2.05) is 43.3 Å². The highest BCUT2D eigenvalue weighted by Crippen LogP contribution is 2.38. The lowest BCUT2D eigenvalue weighted by atomic mass is 9.95.